The van der Waals surface area contributed by atoms with Gasteiger partial charge in [0.2, 0.25) is 0 Å². The fraction of sp³-hybridized carbons (Fsp3) is 0.235. The summed E-state index contributed by atoms with van der Waals surface area (Å²) in [5, 5.41) is 3.45. The molecule has 0 aliphatic rings. The lowest BCUT2D eigenvalue weighted by molar-refractivity contribution is 0.102. The van der Waals surface area contributed by atoms with E-state index in [1.165, 1.54) is 0 Å². The topological polar surface area (TPSA) is 47.6 Å². The van der Waals surface area contributed by atoms with Crippen LogP contribution in [0.1, 0.15) is 23.7 Å². The Morgan fingerprint density at radius 3 is 2.57 bits per heavy atom. The van der Waals surface area contributed by atoms with Crippen molar-refractivity contribution in [2.75, 3.05) is 19.0 Å². The average molecular weight is 446 g/mol. The average Bonchev–Trinajstić information content (AvgIpc) is 2.55. The van der Waals surface area contributed by atoms with Crippen LogP contribution in [0.5, 0.6) is 11.5 Å². The van der Waals surface area contributed by atoms with Gasteiger partial charge >= 0.3 is 0 Å². The third-order valence-electron chi connectivity index (χ3n) is 3.04. The Hall–Kier alpha value is -1.47. The third-order valence-corrected chi connectivity index (χ3v) is 4.10. The molecule has 0 saturated heterocycles. The number of halogens is 2. The number of carbonyl (C=O) groups excluding carboxylic acids is 1. The summed E-state index contributed by atoms with van der Waals surface area (Å²) in [5.41, 5.74) is 1.18. The van der Waals surface area contributed by atoms with Gasteiger partial charge in [-0.3, -0.25) is 4.79 Å². The second-order valence-corrected chi connectivity index (χ2v) is 6.40. The molecular weight excluding hydrogens is 429 g/mol. The highest BCUT2D eigenvalue weighted by atomic mass is 127. The number of ether oxygens (including phenoxy) is 2. The van der Waals surface area contributed by atoms with E-state index in [0.717, 1.165) is 9.99 Å². The lowest BCUT2D eigenvalue weighted by atomic mass is 10.2. The second-order valence-electron chi connectivity index (χ2n) is 4.80. The Morgan fingerprint density at radius 2 is 1.96 bits per heavy atom. The van der Waals surface area contributed by atoms with Gasteiger partial charge in [-0.15, -0.1) is 0 Å². The first-order valence-corrected chi connectivity index (χ1v) is 8.58. The van der Waals surface area contributed by atoms with Crippen LogP contribution < -0.4 is 14.8 Å². The molecule has 23 heavy (non-hydrogen) atoms. The minimum Gasteiger partial charge on any atom is -0.493 e. The number of nitrogens with one attached hydrogen (secondary N) is 1. The van der Waals surface area contributed by atoms with Gasteiger partial charge in [0.1, 0.15) is 0 Å². The number of anilines is 1. The monoisotopic (exact) mass is 445 g/mol. The highest BCUT2D eigenvalue weighted by Gasteiger charge is 2.15. The molecule has 0 aliphatic heterocycles. The molecule has 0 bridgehead atoms. The molecule has 0 fully saturated rings. The van der Waals surface area contributed by atoms with E-state index in [-0.39, 0.29) is 5.91 Å². The maximum Gasteiger partial charge on any atom is 0.255 e. The van der Waals surface area contributed by atoms with Crippen LogP contribution in [-0.2, 0) is 0 Å². The fourth-order valence-electron chi connectivity index (χ4n) is 1.93. The molecule has 6 heteroatoms. The van der Waals surface area contributed by atoms with Crippen LogP contribution in [0, 0.1) is 3.57 Å². The van der Waals surface area contributed by atoms with Gasteiger partial charge in [-0.05, 0) is 65.4 Å². The zero-order chi connectivity index (χ0) is 16.8. The van der Waals surface area contributed by atoms with Crippen molar-refractivity contribution in [2.24, 2.45) is 0 Å². The molecule has 0 aromatic heterocycles. The number of amides is 1. The van der Waals surface area contributed by atoms with Crippen LogP contribution in [-0.4, -0.2) is 19.6 Å². The summed E-state index contributed by atoms with van der Waals surface area (Å²) in [7, 11) is 1.56. The summed E-state index contributed by atoms with van der Waals surface area (Å²) in [6, 6.07) is 10.4. The molecule has 1 amide bonds. The first kappa shape index (κ1) is 17.9. The number of carbonyl (C=O) groups is 1. The quantitative estimate of drug-likeness (QED) is 0.637. The summed E-state index contributed by atoms with van der Waals surface area (Å²) in [6.07, 6.45) is 0.901. The van der Waals surface area contributed by atoms with E-state index in [0.29, 0.717) is 34.4 Å². The molecule has 2 aromatic rings. The zero-order valence-corrected chi connectivity index (χ0v) is 15.8. The Bertz CT molecular complexity index is 689. The maximum atomic E-state index is 12.4. The molecule has 1 N–H and O–H groups in total. The van der Waals surface area contributed by atoms with Crippen molar-refractivity contribution < 1.29 is 14.3 Å². The van der Waals surface area contributed by atoms with Crippen molar-refractivity contribution in [2.45, 2.75) is 13.3 Å². The molecule has 0 spiro atoms. The number of benzene rings is 2. The summed E-state index contributed by atoms with van der Waals surface area (Å²) < 4.78 is 11.9. The van der Waals surface area contributed by atoms with Crippen LogP contribution in [0.4, 0.5) is 5.69 Å². The van der Waals surface area contributed by atoms with Gasteiger partial charge < -0.3 is 14.8 Å². The molecule has 0 heterocycles. The molecule has 2 aromatic carbocycles. The van der Waals surface area contributed by atoms with E-state index in [4.69, 9.17) is 21.1 Å². The molecule has 0 aliphatic carbocycles. The first-order valence-electron chi connectivity index (χ1n) is 7.12. The van der Waals surface area contributed by atoms with E-state index >= 15 is 0 Å². The van der Waals surface area contributed by atoms with Crippen molar-refractivity contribution in [3.63, 3.8) is 0 Å². The third kappa shape index (κ3) is 4.75. The standard InChI is InChI=1S/C17H17ClINO3/c1-3-8-23-16-14(19)9-11(10-15(16)22-2)17(21)20-13-6-4-12(18)5-7-13/h4-7,9-10H,3,8H2,1-2H3,(H,20,21). The van der Waals surface area contributed by atoms with E-state index in [1.54, 1.807) is 43.5 Å². The SMILES string of the molecule is CCCOc1c(I)cc(C(=O)Nc2ccc(Cl)cc2)cc1OC. The molecule has 0 saturated carbocycles. The van der Waals surface area contributed by atoms with Crippen molar-refractivity contribution in [1.29, 1.82) is 0 Å². The van der Waals surface area contributed by atoms with Gasteiger partial charge in [-0.1, -0.05) is 18.5 Å². The fourth-order valence-corrected chi connectivity index (χ4v) is 2.81. The van der Waals surface area contributed by atoms with Gasteiger partial charge in [0.05, 0.1) is 17.3 Å². The Morgan fingerprint density at radius 1 is 1.26 bits per heavy atom. The van der Waals surface area contributed by atoms with Crippen molar-refractivity contribution in [3.8, 4) is 11.5 Å². The van der Waals surface area contributed by atoms with Crippen LogP contribution in [0.15, 0.2) is 36.4 Å². The number of rotatable bonds is 6. The minimum absolute atomic E-state index is 0.217. The molecule has 0 unspecified atom stereocenters. The highest BCUT2D eigenvalue weighted by Crippen LogP contribution is 2.34. The summed E-state index contributed by atoms with van der Waals surface area (Å²) in [4.78, 5) is 12.4. The zero-order valence-electron chi connectivity index (χ0n) is 12.9. The lowest BCUT2D eigenvalue weighted by Gasteiger charge is -2.14. The summed E-state index contributed by atoms with van der Waals surface area (Å²) in [5.74, 6) is 0.996. The van der Waals surface area contributed by atoms with Gasteiger partial charge in [0.25, 0.3) is 5.91 Å². The molecule has 0 atom stereocenters. The first-order chi connectivity index (χ1) is 11.0. The van der Waals surface area contributed by atoms with Gasteiger partial charge in [0.15, 0.2) is 11.5 Å². The predicted octanol–water partition coefficient (Wildman–Crippen LogP) is 4.99. The largest absolute Gasteiger partial charge is 0.493 e. The molecule has 122 valence electrons. The predicted molar refractivity (Wildman–Crippen MR) is 101 cm³/mol. The van der Waals surface area contributed by atoms with E-state index in [1.807, 2.05) is 6.92 Å². The molecule has 4 nitrogen and oxygen atoms in total. The van der Waals surface area contributed by atoms with Crippen LogP contribution in [0.25, 0.3) is 0 Å². The van der Waals surface area contributed by atoms with Gasteiger partial charge in [-0.2, -0.15) is 0 Å². The number of hydrogen-bond donors (Lipinski definition) is 1. The maximum absolute atomic E-state index is 12.4. The van der Waals surface area contributed by atoms with E-state index in [2.05, 4.69) is 27.9 Å². The number of methoxy groups -OCH3 is 1. The van der Waals surface area contributed by atoms with Gasteiger partial charge in [-0.25, -0.2) is 0 Å². The Kier molecular flexibility index (Phi) is 6.53. The molecular formula is C17H17ClINO3. The Balaban J connectivity index is 2.23. The smallest absolute Gasteiger partial charge is 0.255 e. The summed E-state index contributed by atoms with van der Waals surface area (Å²) in [6.45, 7) is 2.63. The summed E-state index contributed by atoms with van der Waals surface area (Å²) >= 11 is 7.98. The lowest BCUT2D eigenvalue weighted by Crippen LogP contribution is -2.13. The van der Waals surface area contributed by atoms with Crippen LogP contribution >= 0.6 is 34.2 Å². The van der Waals surface area contributed by atoms with Crippen molar-refractivity contribution >= 4 is 45.8 Å². The normalized spacial score (nSPS) is 10.3. The van der Waals surface area contributed by atoms with Crippen molar-refractivity contribution in [1.82, 2.24) is 0 Å². The second kappa shape index (κ2) is 8.40. The minimum atomic E-state index is -0.217. The van der Waals surface area contributed by atoms with Crippen molar-refractivity contribution in [3.05, 3.63) is 50.6 Å². The number of hydrogen-bond acceptors (Lipinski definition) is 3. The Labute approximate surface area is 154 Å². The van der Waals surface area contributed by atoms with Crippen LogP contribution in [0.3, 0.4) is 0 Å². The molecule has 0 radical (unpaired) electrons. The van der Waals surface area contributed by atoms with Crippen LogP contribution in [0.2, 0.25) is 5.02 Å². The van der Waals surface area contributed by atoms with E-state index in [9.17, 15) is 4.79 Å². The molecule has 2 rings (SSSR count). The van der Waals surface area contributed by atoms with Gasteiger partial charge in [0, 0.05) is 16.3 Å². The highest BCUT2D eigenvalue weighted by molar-refractivity contribution is 14.1. The van der Waals surface area contributed by atoms with E-state index < -0.39 is 0 Å².